The van der Waals surface area contributed by atoms with E-state index < -0.39 is 6.10 Å². The lowest BCUT2D eigenvalue weighted by atomic mass is 10.2. The van der Waals surface area contributed by atoms with Crippen molar-refractivity contribution in [1.82, 2.24) is 9.88 Å². The van der Waals surface area contributed by atoms with Gasteiger partial charge < -0.3 is 15.0 Å². The molecule has 1 aliphatic rings. The highest BCUT2D eigenvalue weighted by Gasteiger charge is 2.28. The fourth-order valence-corrected chi connectivity index (χ4v) is 2.34. The lowest BCUT2D eigenvalue weighted by molar-refractivity contribution is -0.137. The lowest BCUT2D eigenvalue weighted by Gasteiger charge is -2.29. The number of nitrogens with zero attached hydrogens (tertiary/aromatic N) is 2. The molecule has 1 amide bonds. The van der Waals surface area contributed by atoms with Crippen molar-refractivity contribution in [2.45, 2.75) is 12.6 Å². The minimum absolute atomic E-state index is 0.0335. The number of likely N-dealkylation sites (N-methyl/N-ethyl adjacent to an activating group) is 1. The molecule has 0 aliphatic carbocycles. The molecule has 0 saturated carbocycles. The van der Waals surface area contributed by atoms with Gasteiger partial charge in [-0.15, -0.1) is 0 Å². The summed E-state index contributed by atoms with van der Waals surface area (Å²) in [4.78, 5) is 18.1. The fraction of sp³-hybridized carbons (Fsp3) is 0.250. The van der Waals surface area contributed by atoms with E-state index in [0.29, 0.717) is 13.1 Å². The molecule has 5 nitrogen and oxygen atoms in total. The number of hydrogen-bond donors (Lipinski definition) is 1. The Hall–Kier alpha value is -2.56. The first-order valence-electron chi connectivity index (χ1n) is 6.87. The third-order valence-electron chi connectivity index (χ3n) is 3.45. The van der Waals surface area contributed by atoms with Crippen molar-refractivity contribution in [3.05, 3.63) is 54.4 Å². The van der Waals surface area contributed by atoms with Crippen molar-refractivity contribution in [2.24, 2.45) is 0 Å². The number of nitrogens with one attached hydrogen (secondary N) is 1. The van der Waals surface area contributed by atoms with Crippen molar-refractivity contribution in [3.63, 3.8) is 0 Å². The minimum Gasteiger partial charge on any atom is -0.477 e. The molecule has 1 aliphatic heterocycles. The second kappa shape index (κ2) is 5.83. The van der Waals surface area contributed by atoms with Gasteiger partial charge in [0.15, 0.2) is 6.10 Å². The van der Waals surface area contributed by atoms with Crippen LogP contribution in [0.1, 0.15) is 5.56 Å². The van der Waals surface area contributed by atoms with Crippen LogP contribution in [0, 0.1) is 0 Å². The van der Waals surface area contributed by atoms with Gasteiger partial charge in [-0.05, 0) is 29.8 Å². The molecular weight excluding hydrogens is 266 g/mol. The Kier molecular flexibility index (Phi) is 3.73. The van der Waals surface area contributed by atoms with Crippen LogP contribution in [0.5, 0.6) is 5.75 Å². The summed E-state index contributed by atoms with van der Waals surface area (Å²) in [5.41, 5.74) is 1.98. The predicted octanol–water partition coefficient (Wildman–Crippen LogP) is 1.91. The van der Waals surface area contributed by atoms with Gasteiger partial charge in [-0.2, -0.15) is 0 Å². The van der Waals surface area contributed by atoms with Crippen LogP contribution in [0.3, 0.4) is 0 Å². The van der Waals surface area contributed by atoms with Crippen LogP contribution in [-0.4, -0.2) is 35.5 Å². The number of aromatic nitrogens is 1. The van der Waals surface area contributed by atoms with E-state index in [-0.39, 0.29) is 5.91 Å². The zero-order chi connectivity index (χ0) is 14.7. The molecule has 0 spiro atoms. The van der Waals surface area contributed by atoms with Gasteiger partial charge in [-0.1, -0.05) is 12.1 Å². The Bertz CT molecular complexity index is 630. The van der Waals surface area contributed by atoms with Crippen LogP contribution in [0.25, 0.3) is 0 Å². The number of rotatable bonds is 3. The normalized spacial score (nSPS) is 16.3. The average Bonchev–Trinajstić information content (AvgIpc) is 2.54. The fourth-order valence-electron chi connectivity index (χ4n) is 2.34. The number of carbonyl (C=O) groups is 1. The first-order valence-corrected chi connectivity index (χ1v) is 6.87. The van der Waals surface area contributed by atoms with Gasteiger partial charge in [0.05, 0.1) is 12.2 Å². The molecule has 0 fully saturated rings. The highest BCUT2D eigenvalue weighted by atomic mass is 16.5. The summed E-state index contributed by atoms with van der Waals surface area (Å²) < 4.78 is 5.79. The Labute approximate surface area is 123 Å². The molecular formula is C16H17N3O2. The van der Waals surface area contributed by atoms with Crippen molar-refractivity contribution in [2.75, 3.05) is 18.9 Å². The van der Waals surface area contributed by atoms with E-state index in [4.69, 9.17) is 4.74 Å². The summed E-state index contributed by atoms with van der Waals surface area (Å²) in [6.45, 7) is 1.03. The minimum atomic E-state index is -0.494. The second-order valence-corrected chi connectivity index (χ2v) is 5.03. The molecule has 0 bridgehead atoms. The Morgan fingerprint density at radius 3 is 2.90 bits per heavy atom. The number of para-hydroxylation sites is 2. The Morgan fingerprint density at radius 1 is 1.33 bits per heavy atom. The zero-order valence-corrected chi connectivity index (χ0v) is 11.8. The number of ether oxygens (including phenoxy) is 1. The summed E-state index contributed by atoms with van der Waals surface area (Å²) in [6, 6.07) is 11.4. The molecule has 3 rings (SSSR count). The molecule has 2 heterocycles. The first-order chi connectivity index (χ1) is 10.2. The maximum Gasteiger partial charge on any atom is 0.265 e. The van der Waals surface area contributed by atoms with Crippen LogP contribution < -0.4 is 10.1 Å². The van der Waals surface area contributed by atoms with Crippen molar-refractivity contribution < 1.29 is 9.53 Å². The standard InChI is InChI=1S/C16H17N3O2/c1-19(11-12-6-8-17-9-7-12)16(20)15-10-18-13-4-2-3-5-14(13)21-15/h2-9,15,18H,10-11H2,1H3. The first kappa shape index (κ1) is 13.4. The van der Waals surface area contributed by atoms with E-state index in [1.54, 1.807) is 24.3 Å². The molecule has 2 aromatic rings. The van der Waals surface area contributed by atoms with Crippen molar-refractivity contribution in [1.29, 1.82) is 0 Å². The van der Waals surface area contributed by atoms with Gasteiger partial charge in [-0.25, -0.2) is 0 Å². The van der Waals surface area contributed by atoms with Crippen LogP contribution in [0.4, 0.5) is 5.69 Å². The number of fused-ring (bicyclic) bond motifs is 1. The second-order valence-electron chi connectivity index (χ2n) is 5.03. The molecule has 1 aromatic heterocycles. The van der Waals surface area contributed by atoms with Crippen LogP contribution in [-0.2, 0) is 11.3 Å². The van der Waals surface area contributed by atoms with E-state index in [2.05, 4.69) is 10.3 Å². The van der Waals surface area contributed by atoms with Crippen molar-refractivity contribution in [3.8, 4) is 5.75 Å². The SMILES string of the molecule is CN(Cc1ccncc1)C(=O)C1CNc2ccccc2O1. The predicted molar refractivity (Wildman–Crippen MR) is 80.1 cm³/mol. The monoisotopic (exact) mass is 283 g/mol. The smallest absolute Gasteiger partial charge is 0.265 e. The van der Waals surface area contributed by atoms with Gasteiger partial charge in [0.25, 0.3) is 5.91 Å². The zero-order valence-electron chi connectivity index (χ0n) is 11.8. The van der Waals surface area contributed by atoms with Gasteiger partial charge in [0.1, 0.15) is 5.75 Å². The van der Waals surface area contributed by atoms with E-state index in [9.17, 15) is 4.79 Å². The van der Waals surface area contributed by atoms with E-state index in [1.807, 2.05) is 36.4 Å². The Balaban J connectivity index is 1.66. The van der Waals surface area contributed by atoms with E-state index in [0.717, 1.165) is 17.0 Å². The van der Waals surface area contributed by atoms with Gasteiger partial charge >= 0.3 is 0 Å². The molecule has 108 valence electrons. The van der Waals surface area contributed by atoms with Gasteiger partial charge in [0.2, 0.25) is 0 Å². The highest BCUT2D eigenvalue weighted by Crippen LogP contribution is 2.28. The number of benzene rings is 1. The van der Waals surface area contributed by atoms with Crippen LogP contribution in [0.2, 0.25) is 0 Å². The molecule has 1 aromatic carbocycles. The van der Waals surface area contributed by atoms with Gasteiger partial charge in [0, 0.05) is 26.0 Å². The number of pyridine rings is 1. The van der Waals surface area contributed by atoms with Crippen LogP contribution >= 0.6 is 0 Å². The number of carbonyl (C=O) groups excluding carboxylic acids is 1. The molecule has 21 heavy (non-hydrogen) atoms. The molecule has 0 radical (unpaired) electrons. The maximum atomic E-state index is 12.5. The summed E-state index contributed by atoms with van der Waals surface area (Å²) in [5.74, 6) is 0.688. The maximum absolute atomic E-state index is 12.5. The summed E-state index contributed by atoms with van der Waals surface area (Å²) >= 11 is 0. The summed E-state index contributed by atoms with van der Waals surface area (Å²) in [6.07, 6.45) is 2.96. The molecule has 5 heteroatoms. The molecule has 1 unspecified atom stereocenters. The van der Waals surface area contributed by atoms with Crippen molar-refractivity contribution >= 4 is 11.6 Å². The molecule has 1 N–H and O–H groups in total. The number of amides is 1. The van der Waals surface area contributed by atoms with Gasteiger partial charge in [-0.3, -0.25) is 9.78 Å². The molecule has 1 atom stereocenters. The third kappa shape index (κ3) is 2.97. The largest absolute Gasteiger partial charge is 0.477 e. The average molecular weight is 283 g/mol. The van der Waals surface area contributed by atoms with E-state index >= 15 is 0 Å². The summed E-state index contributed by atoms with van der Waals surface area (Å²) in [5, 5.41) is 3.23. The number of anilines is 1. The summed E-state index contributed by atoms with van der Waals surface area (Å²) in [7, 11) is 1.78. The quantitative estimate of drug-likeness (QED) is 0.935. The topological polar surface area (TPSA) is 54.5 Å². The highest BCUT2D eigenvalue weighted by molar-refractivity contribution is 5.83. The Morgan fingerprint density at radius 2 is 2.10 bits per heavy atom. The van der Waals surface area contributed by atoms with Crippen LogP contribution in [0.15, 0.2) is 48.8 Å². The molecule has 0 saturated heterocycles. The third-order valence-corrected chi connectivity index (χ3v) is 3.45. The van der Waals surface area contributed by atoms with E-state index in [1.165, 1.54) is 0 Å². The lowest BCUT2D eigenvalue weighted by Crippen LogP contribution is -2.45. The number of hydrogen-bond acceptors (Lipinski definition) is 4.